The summed E-state index contributed by atoms with van der Waals surface area (Å²) in [4.78, 5) is 27.6. The number of carbonyl (C=O) groups excluding carboxylic acids is 2. The number of pyridine rings is 1. The summed E-state index contributed by atoms with van der Waals surface area (Å²) < 4.78 is 13.6. The smallest absolute Gasteiger partial charge is 0.257 e. The van der Waals surface area contributed by atoms with Crippen LogP contribution in [0.3, 0.4) is 0 Å². The van der Waals surface area contributed by atoms with Crippen LogP contribution in [-0.2, 0) is 13.5 Å². The molecule has 3 heterocycles. The first kappa shape index (κ1) is 18.7. The zero-order valence-electron chi connectivity index (χ0n) is 16.3. The lowest BCUT2D eigenvalue weighted by atomic mass is 9.99. The van der Waals surface area contributed by atoms with Crippen LogP contribution >= 0.6 is 0 Å². The van der Waals surface area contributed by atoms with Gasteiger partial charge >= 0.3 is 0 Å². The number of hydrogen-bond donors (Lipinski definition) is 1. The Bertz CT molecular complexity index is 1090. The molecule has 0 saturated carbocycles. The highest BCUT2D eigenvalue weighted by Crippen LogP contribution is 2.42. The van der Waals surface area contributed by atoms with E-state index in [0.29, 0.717) is 47.0 Å². The van der Waals surface area contributed by atoms with Crippen LogP contribution in [-0.4, -0.2) is 32.6 Å². The molecule has 0 saturated heterocycles. The van der Waals surface area contributed by atoms with Crippen molar-refractivity contribution >= 4 is 18.0 Å². The molecule has 1 aliphatic heterocycles. The van der Waals surface area contributed by atoms with Crippen LogP contribution in [0.25, 0.3) is 0 Å². The Kier molecular flexibility index (Phi) is 4.54. The van der Waals surface area contributed by atoms with E-state index in [-0.39, 0.29) is 5.91 Å². The molecule has 1 aromatic carbocycles. The van der Waals surface area contributed by atoms with Crippen molar-refractivity contribution in [1.82, 2.24) is 14.8 Å². The van der Waals surface area contributed by atoms with Crippen LogP contribution < -0.4 is 14.8 Å². The Morgan fingerprint density at radius 2 is 2.14 bits per heavy atom. The summed E-state index contributed by atoms with van der Waals surface area (Å²) in [6.07, 6.45) is 4.52. The van der Waals surface area contributed by atoms with E-state index in [4.69, 9.17) is 9.47 Å². The highest BCUT2D eigenvalue weighted by atomic mass is 16.5. The zero-order valence-corrected chi connectivity index (χ0v) is 16.3. The minimum absolute atomic E-state index is 0.315. The van der Waals surface area contributed by atoms with Crippen molar-refractivity contribution in [3.8, 4) is 17.2 Å². The quantitative estimate of drug-likeness (QED) is 0.669. The fourth-order valence-corrected chi connectivity index (χ4v) is 3.19. The Morgan fingerprint density at radius 1 is 1.31 bits per heavy atom. The fraction of sp³-hybridized carbons (Fsp3) is 0.238. The molecule has 8 nitrogen and oxygen atoms in total. The maximum atomic E-state index is 12.8. The molecule has 0 bridgehead atoms. The second-order valence-corrected chi connectivity index (χ2v) is 7.46. The summed E-state index contributed by atoms with van der Waals surface area (Å²) in [6, 6.07) is 8.33. The van der Waals surface area contributed by atoms with Gasteiger partial charge in [-0.3, -0.25) is 14.3 Å². The van der Waals surface area contributed by atoms with Gasteiger partial charge in [-0.05, 0) is 38.1 Å². The molecule has 0 unspecified atom stereocenters. The fourth-order valence-electron chi connectivity index (χ4n) is 3.19. The van der Waals surface area contributed by atoms with Crippen LogP contribution in [0.1, 0.15) is 40.3 Å². The molecule has 8 heteroatoms. The third-order valence-electron chi connectivity index (χ3n) is 4.48. The number of ether oxygens (including phenoxy) is 2. The van der Waals surface area contributed by atoms with Crippen molar-refractivity contribution in [1.29, 1.82) is 0 Å². The molecule has 29 heavy (non-hydrogen) atoms. The molecule has 3 aromatic rings. The van der Waals surface area contributed by atoms with E-state index in [0.717, 1.165) is 5.56 Å². The normalized spacial score (nSPS) is 14.0. The summed E-state index contributed by atoms with van der Waals surface area (Å²) in [5.74, 6) is 1.72. The van der Waals surface area contributed by atoms with E-state index in [1.54, 1.807) is 48.3 Å². The van der Waals surface area contributed by atoms with E-state index in [1.165, 1.54) is 6.20 Å². The number of benzene rings is 1. The van der Waals surface area contributed by atoms with Crippen molar-refractivity contribution in [2.24, 2.45) is 7.05 Å². The molecule has 0 atom stereocenters. The number of aryl methyl sites for hydroxylation is 1. The van der Waals surface area contributed by atoms with Crippen molar-refractivity contribution in [2.45, 2.75) is 25.9 Å². The second kappa shape index (κ2) is 7.05. The number of amides is 1. The van der Waals surface area contributed by atoms with E-state index in [9.17, 15) is 9.59 Å². The topological polar surface area (TPSA) is 95.3 Å². The molecule has 0 spiro atoms. The van der Waals surface area contributed by atoms with Gasteiger partial charge in [0, 0.05) is 36.9 Å². The Balaban J connectivity index is 1.67. The molecule has 0 radical (unpaired) electrons. The lowest BCUT2D eigenvalue weighted by Crippen LogP contribution is -2.24. The van der Waals surface area contributed by atoms with Crippen LogP contribution in [0, 0.1) is 0 Å². The number of rotatable bonds is 5. The lowest BCUT2D eigenvalue weighted by Gasteiger charge is -2.16. The molecule has 148 valence electrons. The SMILES string of the molecule is Cn1ccc(NC(=O)c2cc(Oc3ccc(C=O)nc3)c3c(c2)OC(C)(C)C3)n1. The van der Waals surface area contributed by atoms with Gasteiger partial charge in [0.25, 0.3) is 5.91 Å². The van der Waals surface area contributed by atoms with Gasteiger partial charge in [-0.2, -0.15) is 5.10 Å². The molecule has 0 aliphatic carbocycles. The van der Waals surface area contributed by atoms with Crippen molar-refractivity contribution in [2.75, 3.05) is 5.32 Å². The molecule has 1 aliphatic rings. The minimum atomic E-state index is -0.407. The van der Waals surface area contributed by atoms with Crippen LogP contribution in [0.4, 0.5) is 5.82 Å². The highest BCUT2D eigenvalue weighted by molar-refractivity contribution is 6.04. The molecular weight excluding hydrogens is 372 g/mol. The van der Waals surface area contributed by atoms with Gasteiger partial charge < -0.3 is 14.8 Å². The number of nitrogens with one attached hydrogen (secondary N) is 1. The van der Waals surface area contributed by atoms with Gasteiger partial charge in [-0.1, -0.05) is 0 Å². The third-order valence-corrected chi connectivity index (χ3v) is 4.48. The summed E-state index contributed by atoms with van der Waals surface area (Å²) >= 11 is 0. The van der Waals surface area contributed by atoms with Crippen LogP contribution in [0.15, 0.2) is 42.7 Å². The van der Waals surface area contributed by atoms with E-state index in [2.05, 4.69) is 15.4 Å². The molecule has 2 aromatic heterocycles. The van der Waals surface area contributed by atoms with Gasteiger partial charge in [-0.25, -0.2) is 4.98 Å². The molecule has 4 rings (SSSR count). The number of nitrogens with zero attached hydrogens (tertiary/aromatic N) is 3. The van der Waals surface area contributed by atoms with E-state index < -0.39 is 5.60 Å². The largest absolute Gasteiger partial charge is 0.487 e. The maximum absolute atomic E-state index is 12.8. The summed E-state index contributed by atoms with van der Waals surface area (Å²) in [5, 5.41) is 6.93. The Morgan fingerprint density at radius 3 is 2.79 bits per heavy atom. The summed E-state index contributed by atoms with van der Waals surface area (Å²) in [7, 11) is 1.77. The predicted molar refractivity (Wildman–Crippen MR) is 106 cm³/mol. The number of carbonyl (C=O) groups is 2. The third kappa shape index (κ3) is 3.96. The number of fused-ring (bicyclic) bond motifs is 1. The monoisotopic (exact) mass is 392 g/mol. The summed E-state index contributed by atoms with van der Waals surface area (Å²) in [6.45, 7) is 3.95. The predicted octanol–water partition coefficient (Wildman–Crippen LogP) is 3.39. The average molecular weight is 392 g/mol. The Labute approximate surface area is 167 Å². The first-order valence-corrected chi connectivity index (χ1v) is 9.09. The zero-order chi connectivity index (χ0) is 20.6. The first-order chi connectivity index (χ1) is 13.8. The highest BCUT2D eigenvalue weighted by Gasteiger charge is 2.34. The number of aromatic nitrogens is 3. The Hall–Kier alpha value is -3.68. The average Bonchev–Trinajstić information content (AvgIpc) is 3.23. The van der Waals surface area contributed by atoms with Gasteiger partial charge in [-0.15, -0.1) is 0 Å². The molecular formula is C21H20N4O4. The standard InChI is InChI=1S/C21H20N4O4/c1-21(2)10-16-17(28-15-5-4-14(12-26)22-11-15)8-13(9-18(16)29-21)20(27)23-19-6-7-25(3)24-19/h4-9,11-12H,10H2,1-3H3,(H,23,24,27). The van der Waals surface area contributed by atoms with E-state index >= 15 is 0 Å². The summed E-state index contributed by atoms with van der Waals surface area (Å²) in [5.41, 5.74) is 1.18. The maximum Gasteiger partial charge on any atom is 0.257 e. The van der Waals surface area contributed by atoms with Crippen molar-refractivity contribution in [3.05, 3.63) is 59.5 Å². The van der Waals surface area contributed by atoms with Gasteiger partial charge in [0.1, 0.15) is 28.5 Å². The number of aldehydes is 1. The molecule has 1 N–H and O–H groups in total. The van der Waals surface area contributed by atoms with Crippen LogP contribution in [0.2, 0.25) is 0 Å². The van der Waals surface area contributed by atoms with E-state index in [1.807, 2.05) is 13.8 Å². The van der Waals surface area contributed by atoms with Gasteiger partial charge in [0.2, 0.25) is 0 Å². The lowest BCUT2D eigenvalue weighted by molar-refractivity contribution is 0.102. The second-order valence-electron chi connectivity index (χ2n) is 7.46. The molecule has 1 amide bonds. The van der Waals surface area contributed by atoms with Crippen LogP contribution in [0.5, 0.6) is 17.2 Å². The van der Waals surface area contributed by atoms with Crippen molar-refractivity contribution in [3.63, 3.8) is 0 Å². The number of anilines is 1. The van der Waals surface area contributed by atoms with Gasteiger partial charge in [0.05, 0.1) is 6.20 Å². The van der Waals surface area contributed by atoms with Gasteiger partial charge in [0.15, 0.2) is 12.1 Å². The van der Waals surface area contributed by atoms with Crippen molar-refractivity contribution < 1.29 is 19.1 Å². The minimum Gasteiger partial charge on any atom is -0.487 e. The first-order valence-electron chi connectivity index (χ1n) is 9.09. The molecule has 0 fully saturated rings. The number of hydrogen-bond acceptors (Lipinski definition) is 6.